The van der Waals surface area contributed by atoms with Gasteiger partial charge in [-0.1, -0.05) is 97.1 Å². The van der Waals surface area contributed by atoms with Gasteiger partial charge in [-0.25, -0.2) is 0 Å². The van der Waals surface area contributed by atoms with E-state index in [9.17, 15) is 14.7 Å². The van der Waals surface area contributed by atoms with Crippen molar-refractivity contribution < 1.29 is 38.5 Å². The molecule has 8 atom stereocenters. The number of likely N-dealkylation sites (tertiary alicyclic amines) is 1. The minimum absolute atomic E-state index is 0.0536. The zero-order chi connectivity index (χ0) is 38.0. The van der Waals surface area contributed by atoms with Gasteiger partial charge in [-0.3, -0.25) is 19.2 Å². The van der Waals surface area contributed by atoms with Crippen LogP contribution in [0.1, 0.15) is 41.2 Å². The van der Waals surface area contributed by atoms with Gasteiger partial charge in [0, 0.05) is 25.8 Å². The molecule has 4 heterocycles. The Hall–Kier alpha value is -5.10. The van der Waals surface area contributed by atoms with Crippen LogP contribution in [0.5, 0.6) is 0 Å². The average molecular weight is 734 g/mol. The minimum atomic E-state index is -1.51. The van der Waals surface area contributed by atoms with Crippen LogP contribution in [0.3, 0.4) is 0 Å². The quantitative estimate of drug-likeness (QED) is 0.261. The van der Waals surface area contributed by atoms with Crippen LogP contribution < -0.4 is 10.2 Å². The summed E-state index contributed by atoms with van der Waals surface area (Å²) in [5.41, 5.74) is 2.46. The number of carbonyl (C=O) groups is 4. The molecule has 2 saturated heterocycles. The number of methoxy groups -OCH3 is 1. The minimum Gasteiger partial charge on any atom is -0.455 e. The maximum Gasteiger partial charge on any atom is 0.313 e. The van der Waals surface area contributed by atoms with E-state index in [-0.39, 0.29) is 31.9 Å². The van der Waals surface area contributed by atoms with Crippen LogP contribution in [0.2, 0.25) is 0 Å². The van der Waals surface area contributed by atoms with Crippen molar-refractivity contribution in [3.63, 3.8) is 0 Å². The second kappa shape index (κ2) is 15.7. The van der Waals surface area contributed by atoms with E-state index in [1.165, 1.54) is 12.0 Å². The Balaban J connectivity index is 1.37. The fourth-order valence-electron chi connectivity index (χ4n) is 8.56. The van der Waals surface area contributed by atoms with Gasteiger partial charge in [0.1, 0.15) is 23.7 Å². The molecule has 3 aromatic carbocycles. The molecule has 2 N–H and O–H groups in total. The van der Waals surface area contributed by atoms with E-state index in [1.807, 2.05) is 105 Å². The Kier molecular flexibility index (Phi) is 10.8. The van der Waals surface area contributed by atoms with Crippen molar-refractivity contribution in [1.82, 2.24) is 10.2 Å². The Bertz CT molecular complexity index is 1930. The molecule has 3 amide bonds. The Morgan fingerprint density at radius 2 is 1.70 bits per heavy atom. The van der Waals surface area contributed by atoms with Gasteiger partial charge in [0.05, 0.1) is 37.3 Å². The second-order valence-corrected chi connectivity index (χ2v) is 14.6. The predicted octanol–water partition coefficient (Wildman–Crippen LogP) is 4.16. The van der Waals surface area contributed by atoms with Gasteiger partial charge in [0.25, 0.3) is 5.91 Å². The van der Waals surface area contributed by atoms with Crippen LogP contribution in [-0.4, -0.2) is 90.4 Å². The highest BCUT2D eigenvalue weighted by atomic mass is 16.6. The van der Waals surface area contributed by atoms with Gasteiger partial charge in [0.2, 0.25) is 11.8 Å². The molecule has 0 saturated carbocycles. The molecule has 282 valence electrons. The van der Waals surface area contributed by atoms with E-state index >= 15 is 9.59 Å². The number of hydrogen-bond donors (Lipinski definition) is 2. The lowest BCUT2D eigenvalue weighted by molar-refractivity contribution is -0.162. The number of cyclic esters (lactones) is 1. The van der Waals surface area contributed by atoms with Crippen molar-refractivity contribution in [2.24, 2.45) is 11.8 Å². The average Bonchev–Trinajstić information content (AvgIpc) is 3.83. The molecule has 4 aliphatic rings. The highest BCUT2D eigenvalue weighted by Crippen LogP contribution is 2.56. The number of rotatable bonds is 8. The lowest BCUT2D eigenvalue weighted by Crippen LogP contribution is -2.59. The zero-order valence-corrected chi connectivity index (χ0v) is 30.8. The van der Waals surface area contributed by atoms with E-state index in [2.05, 4.69) is 5.32 Å². The molecular formula is C43H47N3O8. The van der Waals surface area contributed by atoms with Gasteiger partial charge >= 0.3 is 5.97 Å². The van der Waals surface area contributed by atoms with Crippen LogP contribution >= 0.6 is 0 Å². The number of carbonyl (C=O) groups excluding carboxylic acids is 4. The highest BCUT2D eigenvalue weighted by Gasteiger charge is 2.74. The predicted molar refractivity (Wildman–Crippen MR) is 201 cm³/mol. The normalized spacial score (nSPS) is 29.6. The Morgan fingerprint density at radius 1 is 0.963 bits per heavy atom. The summed E-state index contributed by atoms with van der Waals surface area (Å²) < 4.78 is 18.6. The van der Waals surface area contributed by atoms with Crippen molar-refractivity contribution in [2.75, 3.05) is 31.8 Å². The van der Waals surface area contributed by atoms with Crippen LogP contribution in [-0.2, 0) is 39.8 Å². The summed E-state index contributed by atoms with van der Waals surface area (Å²) >= 11 is 0. The number of nitrogens with one attached hydrogen (secondary N) is 1. The number of aliphatic hydroxyl groups is 1. The number of nitrogens with zero attached hydrogens (tertiary/aromatic N) is 2. The second-order valence-electron chi connectivity index (χ2n) is 14.6. The third kappa shape index (κ3) is 6.87. The number of aryl methyl sites for hydroxylation is 2. The monoisotopic (exact) mass is 733 g/mol. The molecule has 0 unspecified atom stereocenters. The number of anilines is 1. The molecule has 1 spiro atoms. The van der Waals surface area contributed by atoms with Gasteiger partial charge in [-0.15, -0.1) is 0 Å². The lowest BCUT2D eigenvalue weighted by Gasteiger charge is -2.39. The molecule has 2 fully saturated rings. The van der Waals surface area contributed by atoms with E-state index in [0.29, 0.717) is 17.7 Å². The van der Waals surface area contributed by atoms with Crippen LogP contribution in [0, 0.1) is 25.7 Å². The van der Waals surface area contributed by atoms with Gasteiger partial charge in [-0.05, 0) is 55.0 Å². The van der Waals surface area contributed by atoms with E-state index in [1.54, 1.807) is 17.1 Å². The zero-order valence-electron chi connectivity index (χ0n) is 30.8. The third-order valence-corrected chi connectivity index (χ3v) is 11.1. The molecule has 4 aliphatic heterocycles. The summed E-state index contributed by atoms with van der Waals surface area (Å²) in [6, 6.07) is 21.7. The number of amides is 3. The standard InChI is InChI=1S/C43H47N3O8/c1-27-18-19-28(2)33(23-27)45-22-12-6-11-17-35(48)44-32(26-52-3)38(30-15-9-5-10-16-30)53-42(51)36-34-20-21-43(54-34)37(36)40(49)46(39(43)41(45)50)31(25-47)24-29-13-7-4-8-14-29/h4-10,12-16,18-21,23,31-32,34,36-39,47H,11,17,22,24-26H2,1-3H3,(H,44,48)/b12-6-/t31-,32+,34-,36+,37+,38+,39-,43+/m1/s1. The summed E-state index contributed by atoms with van der Waals surface area (Å²) in [5, 5.41) is 14.0. The summed E-state index contributed by atoms with van der Waals surface area (Å²) in [6.07, 6.45) is 6.23. The molecule has 0 aromatic heterocycles. The first kappa shape index (κ1) is 37.2. The maximum atomic E-state index is 15.4. The number of benzene rings is 3. The Morgan fingerprint density at radius 3 is 2.43 bits per heavy atom. The first-order valence-corrected chi connectivity index (χ1v) is 18.6. The molecular weight excluding hydrogens is 686 g/mol. The van der Waals surface area contributed by atoms with Crippen molar-refractivity contribution in [3.05, 3.63) is 125 Å². The van der Waals surface area contributed by atoms with Crippen LogP contribution in [0.15, 0.2) is 103 Å². The van der Waals surface area contributed by atoms with E-state index < -0.39 is 72.2 Å². The molecule has 3 aromatic rings. The van der Waals surface area contributed by atoms with Crippen molar-refractivity contribution in [2.45, 2.75) is 69.0 Å². The molecule has 54 heavy (non-hydrogen) atoms. The number of ether oxygens (including phenoxy) is 3. The molecule has 0 radical (unpaired) electrons. The summed E-state index contributed by atoms with van der Waals surface area (Å²) in [5.74, 6) is -4.03. The number of aliphatic hydroxyl groups excluding tert-OH is 1. The first-order valence-electron chi connectivity index (χ1n) is 18.6. The first-order chi connectivity index (χ1) is 26.2. The molecule has 11 heteroatoms. The largest absolute Gasteiger partial charge is 0.455 e. The summed E-state index contributed by atoms with van der Waals surface area (Å²) in [7, 11) is 1.51. The molecule has 5 bridgehead atoms. The maximum absolute atomic E-state index is 15.4. The van der Waals surface area contributed by atoms with Crippen molar-refractivity contribution in [3.8, 4) is 0 Å². The summed E-state index contributed by atoms with van der Waals surface area (Å²) in [6.45, 7) is 3.65. The van der Waals surface area contributed by atoms with Crippen LogP contribution in [0.4, 0.5) is 5.69 Å². The SMILES string of the molecule is COC[C@@H]1NC(=O)CC/C=C\CN(c2cc(C)ccc2C)C(=O)[C@H]2N([C@@H](CO)Cc3ccccc3)C(=O)[C@@H]3[C@@H](C(=O)O[C@H]1c1ccccc1)[C@H]1C=C[C@]32O1. The van der Waals surface area contributed by atoms with Gasteiger partial charge < -0.3 is 34.4 Å². The van der Waals surface area contributed by atoms with E-state index in [4.69, 9.17) is 14.2 Å². The number of esters is 1. The molecule has 0 aliphatic carbocycles. The van der Waals surface area contributed by atoms with E-state index in [0.717, 1.165) is 16.7 Å². The number of hydrogen-bond acceptors (Lipinski definition) is 8. The van der Waals surface area contributed by atoms with Gasteiger partial charge in [0.15, 0.2) is 0 Å². The topological polar surface area (TPSA) is 135 Å². The fraction of sp³-hybridized carbons (Fsp3) is 0.395. The lowest BCUT2D eigenvalue weighted by atomic mass is 9.74. The summed E-state index contributed by atoms with van der Waals surface area (Å²) in [4.78, 5) is 61.5. The molecule has 7 rings (SSSR count). The fourth-order valence-corrected chi connectivity index (χ4v) is 8.56. The number of allylic oxidation sites excluding steroid dienone is 1. The Labute approximate surface area is 315 Å². The third-order valence-electron chi connectivity index (χ3n) is 11.1. The molecule has 11 nitrogen and oxygen atoms in total. The smallest absolute Gasteiger partial charge is 0.313 e. The van der Waals surface area contributed by atoms with Gasteiger partial charge in [-0.2, -0.15) is 0 Å². The van der Waals surface area contributed by atoms with Crippen LogP contribution in [0.25, 0.3) is 0 Å². The highest BCUT2D eigenvalue weighted by molar-refractivity contribution is 6.06. The van der Waals surface area contributed by atoms with Crippen molar-refractivity contribution >= 4 is 29.4 Å². The number of fused-ring (bicyclic) bond motifs is 2. The van der Waals surface area contributed by atoms with Crippen molar-refractivity contribution in [1.29, 1.82) is 0 Å².